The molecule has 7 nitrogen and oxygen atoms in total. The lowest BCUT2D eigenvalue weighted by atomic mass is 9.89. The fraction of sp³-hybridized carbons (Fsp3) is 0.417. The molecule has 0 unspecified atom stereocenters. The Morgan fingerprint density at radius 3 is 2.18 bits per heavy atom. The standard InChI is InChI=1S/C36H37F6N3O4/c1-7-22-12-25(31-19(4)9-24(37)10-20(31)5)34(39)32(33(22)38)27(14-30(47)48)43-35(49)28(8-18(2)3)45-17-23(11-21-15-44(6)16-21)26(13-29(45)46)36(40,41)42/h1,9-10,12-13,17-18,21,27-28H,8,11,14-16H2,2-6H3,(H,43,49)(H,47,48)/t27-,28-/m0/s1. The topological polar surface area (TPSA) is 91.6 Å². The van der Waals surface area contributed by atoms with Crippen molar-refractivity contribution in [1.82, 2.24) is 14.8 Å². The Morgan fingerprint density at radius 2 is 1.67 bits per heavy atom. The lowest BCUT2D eigenvalue weighted by molar-refractivity contribution is -0.139. The van der Waals surface area contributed by atoms with Gasteiger partial charge in [-0.3, -0.25) is 14.4 Å². The average molecular weight is 690 g/mol. The molecular formula is C36H37F6N3O4. The van der Waals surface area contributed by atoms with Crippen LogP contribution in [-0.4, -0.2) is 46.6 Å². The number of likely N-dealkylation sites (tertiary alicyclic amines) is 1. The molecule has 0 saturated carbocycles. The van der Waals surface area contributed by atoms with E-state index in [0.29, 0.717) is 19.2 Å². The minimum Gasteiger partial charge on any atom is -0.481 e. The molecule has 0 radical (unpaired) electrons. The molecule has 49 heavy (non-hydrogen) atoms. The van der Waals surface area contributed by atoms with Crippen LogP contribution in [0.15, 0.2) is 35.3 Å². The van der Waals surface area contributed by atoms with E-state index in [9.17, 15) is 37.1 Å². The lowest BCUT2D eigenvalue weighted by Crippen LogP contribution is -2.45. The molecular weight excluding hydrogens is 652 g/mol. The second-order valence-electron chi connectivity index (χ2n) is 13.1. The maximum absolute atomic E-state index is 16.4. The lowest BCUT2D eigenvalue weighted by Gasteiger charge is -2.37. The van der Waals surface area contributed by atoms with Gasteiger partial charge in [0.2, 0.25) is 5.91 Å². The van der Waals surface area contributed by atoms with Crippen molar-refractivity contribution in [3.8, 4) is 23.5 Å². The molecule has 0 aliphatic carbocycles. The molecule has 1 fully saturated rings. The largest absolute Gasteiger partial charge is 0.481 e. The molecule has 2 atom stereocenters. The Hall–Kier alpha value is -4.57. The number of aliphatic carboxylic acids is 1. The van der Waals surface area contributed by atoms with E-state index in [-0.39, 0.29) is 52.5 Å². The Bertz CT molecular complexity index is 1850. The van der Waals surface area contributed by atoms with Crippen LogP contribution in [0.5, 0.6) is 0 Å². The van der Waals surface area contributed by atoms with Crippen LogP contribution in [0.3, 0.4) is 0 Å². The zero-order chi connectivity index (χ0) is 36.5. The highest BCUT2D eigenvalue weighted by Gasteiger charge is 2.38. The van der Waals surface area contributed by atoms with Gasteiger partial charge in [0.05, 0.1) is 23.6 Å². The first-order chi connectivity index (χ1) is 22.8. The molecule has 262 valence electrons. The molecule has 1 aromatic heterocycles. The number of halogens is 6. The normalized spacial score (nSPS) is 15.1. The summed E-state index contributed by atoms with van der Waals surface area (Å²) in [5.74, 6) is -4.08. The Morgan fingerprint density at radius 1 is 1.06 bits per heavy atom. The number of nitrogens with zero attached hydrogens (tertiary/aromatic N) is 2. The van der Waals surface area contributed by atoms with Gasteiger partial charge < -0.3 is 19.9 Å². The van der Waals surface area contributed by atoms with Gasteiger partial charge >= 0.3 is 12.1 Å². The van der Waals surface area contributed by atoms with E-state index in [1.807, 2.05) is 11.9 Å². The van der Waals surface area contributed by atoms with Crippen molar-refractivity contribution in [1.29, 1.82) is 0 Å². The van der Waals surface area contributed by atoms with Gasteiger partial charge in [0.1, 0.15) is 23.5 Å². The number of carbonyl (C=O) groups excluding carboxylic acids is 1. The zero-order valence-electron chi connectivity index (χ0n) is 27.6. The van der Waals surface area contributed by atoms with Crippen LogP contribution in [0.2, 0.25) is 0 Å². The maximum atomic E-state index is 16.4. The van der Waals surface area contributed by atoms with Gasteiger partial charge in [-0.15, -0.1) is 6.42 Å². The van der Waals surface area contributed by atoms with E-state index < -0.39 is 76.3 Å². The number of aromatic nitrogens is 1. The van der Waals surface area contributed by atoms with Gasteiger partial charge in [-0.05, 0) is 86.0 Å². The van der Waals surface area contributed by atoms with E-state index in [1.165, 1.54) is 13.8 Å². The molecule has 1 saturated heterocycles. The van der Waals surface area contributed by atoms with Crippen LogP contribution < -0.4 is 10.9 Å². The van der Waals surface area contributed by atoms with Crippen LogP contribution in [0.4, 0.5) is 26.3 Å². The molecule has 0 bridgehead atoms. The van der Waals surface area contributed by atoms with Crippen LogP contribution in [0.1, 0.15) is 72.2 Å². The quantitative estimate of drug-likeness (QED) is 0.176. The summed E-state index contributed by atoms with van der Waals surface area (Å²) in [5, 5.41) is 12.1. The first-order valence-corrected chi connectivity index (χ1v) is 15.6. The minimum absolute atomic E-state index is 0.0164. The molecule has 1 aliphatic rings. The summed E-state index contributed by atoms with van der Waals surface area (Å²) in [7, 11) is 1.81. The Labute approximate surface area is 279 Å². The predicted molar refractivity (Wildman–Crippen MR) is 171 cm³/mol. The number of hydrogen-bond acceptors (Lipinski definition) is 4. The summed E-state index contributed by atoms with van der Waals surface area (Å²) in [6.07, 6.45) is 0.561. The third-order valence-electron chi connectivity index (χ3n) is 8.65. The second-order valence-corrected chi connectivity index (χ2v) is 13.1. The molecule has 3 aromatic rings. The number of carboxylic acid groups (broad SMARTS) is 1. The molecule has 13 heteroatoms. The van der Waals surface area contributed by atoms with Crippen LogP contribution in [-0.2, 0) is 22.2 Å². The molecule has 2 aromatic carbocycles. The van der Waals surface area contributed by atoms with Crippen molar-refractivity contribution in [2.75, 3.05) is 20.1 Å². The zero-order valence-corrected chi connectivity index (χ0v) is 27.6. The number of terminal acetylenes is 1. The third kappa shape index (κ3) is 8.19. The number of aryl methyl sites for hydroxylation is 2. The highest BCUT2D eigenvalue weighted by molar-refractivity contribution is 5.82. The van der Waals surface area contributed by atoms with Gasteiger partial charge in [-0.2, -0.15) is 13.2 Å². The highest BCUT2D eigenvalue weighted by atomic mass is 19.4. The number of amides is 1. The van der Waals surface area contributed by atoms with Crippen molar-refractivity contribution in [3.63, 3.8) is 0 Å². The van der Waals surface area contributed by atoms with E-state index in [4.69, 9.17) is 6.42 Å². The fourth-order valence-electron chi connectivity index (χ4n) is 6.58. The van der Waals surface area contributed by atoms with Crippen molar-refractivity contribution >= 4 is 11.9 Å². The monoisotopic (exact) mass is 689 g/mol. The molecule has 0 spiro atoms. The number of pyridine rings is 1. The first-order valence-electron chi connectivity index (χ1n) is 15.6. The van der Waals surface area contributed by atoms with Gasteiger partial charge in [-0.25, -0.2) is 13.2 Å². The van der Waals surface area contributed by atoms with Crippen molar-refractivity contribution in [2.45, 2.75) is 65.2 Å². The number of hydrogen-bond donors (Lipinski definition) is 2. The van der Waals surface area contributed by atoms with Gasteiger partial charge in [0, 0.05) is 36.5 Å². The van der Waals surface area contributed by atoms with E-state index in [1.54, 1.807) is 13.8 Å². The van der Waals surface area contributed by atoms with E-state index in [0.717, 1.165) is 29.0 Å². The van der Waals surface area contributed by atoms with E-state index in [2.05, 4.69) is 11.2 Å². The molecule has 4 rings (SSSR count). The third-order valence-corrected chi connectivity index (χ3v) is 8.65. The minimum atomic E-state index is -4.85. The SMILES string of the molecule is C#Cc1cc(-c2c(C)cc(F)cc2C)c(F)c([C@H](CC(=O)O)NC(=O)[C@H](CC(C)C)n2cc(CC3CN(C)C3)c(C(F)(F)F)cc2=O)c1F. The molecule has 1 aliphatic heterocycles. The summed E-state index contributed by atoms with van der Waals surface area (Å²) in [6.45, 7) is 7.46. The smallest absolute Gasteiger partial charge is 0.416 e. The van der Waals surface area contributed by atoms with E-state index >= 15 is 8.78 Å². The molecule has 1 amide bonds. The van der Waals surface area contributed by atoms with Crippen molar-refractivity contribution < 1.29 is 41.0 Å². The second kappa shape index (κ2) is 14.5. The fourth-order valence-corrected chi connectivity index (χ4v) is 6.58. The number of benzene rings is 2. The molecule has 2 N–H and O–H groups in total. The summed E-state index contributed by atoms with van der Waals surface area (Å²) in [5.41, 5.74) is -3.30. The van der Waals surface area contributed by atoms with Crippen molar-refractivity contribution in [3.05, 3.63) is 91.6 Å². The maximum Gasteiger partial charge on any atom is 0.416 e. The summed E-state index contributed by atoms with van der Waals surface area (Å²) in [6, 6.07) is 0.382. The number of nitrogens with one attached hydrogen (secondary N) is 1. The number of alkyl halides is 3. The van der Waals surface area contributed by atoms with Gasteiger partial charge in [0.15, 0.2) is 0 Å². The predicted octanol–water partition coefficient (Wildman–Crippen LogP) is 6.57. The first kappa shape index (κ1) is 37.3. The van der Waals surface area contributed by atoms with Crippen LogP contribution in [0.25, 0.3) is 11.1 Å². The summed E-state index contributed by atoms with van der Waals surface area (Å²) in [4.78, 5) is 41.1. The van der Waals surface area contributed by atoms with Crippen molar-refractivity contribution in [2.24, 2.45) is 11.8 Å². The van der Waals surface area contributed by atoms with Crippen LogP contribution in [0, 0.1) is 55.5 Å². The molecule has 2 heterocycles. The average Bonchev–Trinajstić information content (AvgIpc) is 2.95. The van der Waals surface area contributed by atoms with Gasteiger partial charge in [-0.1, -0.05) is 19.8 Å². The Kier molecular flexibility index (Phi) is 11.0. The Balaban J connectivity index is 1.85. The van der Waals surface area contributed by atoms with Gasteiger partial charge in [0.25, 0.3) is 5.56 Å². The highest BCUT2D eigenvalue weighted by Crippen LogP contribution is 2.38. The number of carboxylic acids is 1. The summed E-state index contributed by atoms with van der Waals surface area (Å²) >= 11 is 0. The number of rotatable bonds is 11. The van der Waals surface area contributed by atoms with Crippen LogP contribution >= 0.6 is 0 Å². The summed E-state index contributed by atoms with van der Waals surface area (Å²) < 4.78 is 89.3. The number of carbonyl (C=O) groups is 2.